The van der Waals surface area contributed by atoms with E-state index >= 15 is 17.6 Å². The first-order valence-electron chi connectivity index (χ1n) is 41.8. The molecule has 3 fully saturated rings. The number of aromatic nitrogens is 9. The summed E-state index contributed by atoms with van der Waals surface area (Å²) in [7, 11) is 45.8. The number of carbonyl (C=O) groups excluding carboxylic acids is 4. The van der Waals surface area contributed by atoms with Crippen molar-refractivity contribution in [3.8, 4) is 0 Å². The summed E-state index contributed by atoms with van der Waals surface area (Å²) < 4.78 is 177. The Morgan fingerprint density at radius 2 is 0.707 bits per heavy atom. The zero-order chi connectivity index (χ0) is 98.7. The van der Waals surface area contributed by atoms with E-state index in [2.05, 4.69) is 30.2 Å². The molecule has 52 heteroatoms. The number of benzene rings is 3. The summed E-state index contributed by atoms with van der Waals surface area (Å²) in [6, 6.07) is 8.10. The maximum Gasteiger partial charge on any atom is 0.339 e. The van der Waals surface area contributed by atoms with Gasteiger partial charge >= 0.3 is 11.9 Å². The van der Waals surface area contributed by atoms with Crippen molar-refractivity contribution < 1.29 is 93.1 Å². The quantitative estimate of drug-likeness (QED) is 0.0314. The number of carboxylic acids is 2. The van der Waals surface area contributed by atoms with Gasteiger partial charge in [-0.2, -0.15) is 32.9 Å². The Hall–Kier alpha value is -8.17. The first-order valence-corrected chi connectivity index (χ1v) is 44.0. The standard InChI is InChI=1S/C27H26Cl2F4N4O2.C26H24Cl2F4N4O3.C15H11Cl2F4N.C13H18N2O3.B15.H2/c1-15-22(10-35-37(15)21-5-3-18(4-6-21)16(2)38)26(39)36(13-17-7-19(30)9-20(31)8-17)14-27(32,33)25-23(28)11-34-12-24(25)29;1-14-20(9-34-36(14)19-4-2-16(3-5-19)25(38)39)24(37)35(12-15-6-17(29)8-18(30)7-15)13-26(31,32)23-21(27)10-33-11-22(23)28;16-12-7-22-8-13(17)14(12)15(20,21)3-1-2-9-4-10(18)6-11(19)5-9;1-8-12(13(17)18)7-14-15(8)11-5-3-10(4-6-11)9(2)16;1-9-13(8)15(12(6)7)14(10(2)3)11(4)5;/h7-12,18,21H,3-6,13-14H2,1-2H3;6-11,16,19H,2-5,12-13H2,1H3,(H,38,39);4-8H,1-3H2;7,10-11H,3-6H2,1-2H3,(H,17,18);;1H/i;;;;;1+1. The van der Waals surface area contributed by atoms with Crippen molar-refractivity contribution in [2.45, 2.75) is 180 Å². The molecule has 19 nitrogen and oxygen atoms in total. The van der Waals surface area contributed by atoms with Gasteiger partial charge in [-0.3, -0.25) is 53.0 Å². The number of aliphatic carboxylic acids is 1. The van der Waals surface area contributed by atoms with Crippen LogP contribution in [0.15, 0.2) is 110 Å². The van der Waals surface area contributed by atoms with E-state index in [0.717, 1.165) is 115 Å². The third kappa shape index (κ3) is 29.9. The Morgan fingerprint density at radius 1 is 0.429 bits per heavy atom. The molecule has 6 heterocycles. The van der Waals surface area contributed by atoms with E-state index in [0.29, 0.717) is 86.1 Å². The number of hydrogen-bond donors (Lipinski definition) is 2. The number of aromatic carboxylic acids is 1. The molecule has 12 rings (SSSR count). The Kier molecular flexibility index (Phi) is 40.8. The molecule has 3 aliphatic carbocycles. The topological polar surface area (TPSA) is 241 Å². The van der Waals surface area contributed by atoms with Crippen LogP contribution in [-0.4, -0.2) is 220 Å². The van der Waals surface area contributed by atoms with Gasteiger partial charge in [0.05, 0.1) is 119 Å². The van der Waals surface area contributed by atoms with Crippen LogP contribution in [0.1, 0.15) is 205 Å². The summed E-state index contributed by atoms with van der Waals surface area (Å²) in [6.45, 7) is 4.83. The van der Waals surface area contributed by atoms with E-state index in [1.165, 1.54) is 25.7 Å². The van der Waals surface area contributed by atoms with Crippen molar-refractivity contribution >= 4 is 212 Å². The Bertz CT molecular complexity index is 5230. The molecule has 2 N–H and O–H groups in total. The van der Waals surface area contributed by atoms with E-state index in [-0.39, 0.29) is 104 Å². The predicted molar refractivity (Wildman–Crippen MR) is 504 cm³/mol. The van der Waals surface area contributed by atoms with Crippen LogP contribution in [-0.2, 0) is 51.7 Å². The van der Waals surface area contributed by atoms with Gasteiger partial charge in [0, 0.05) is 207 Å². The number of Topliss-reactive ketones (excluding diaryl/α,β-unsaturated/α-hetero) is 2. The number of aryl methyl sites for hydroxylation is 1. The summed E-state index contributed by atoms with van der Waals surface area (Å²) in [6.07, 6.45) is 14.2. The number of nitrogens with zero attached hydrogens (tertiary/aromatic N) is 11. The fourth-order valence-electron chi connectivity index (χ4n) is 16.6. The lowest BCUT2D eigenvalue weighted by atomic mass is 8.46. The van der Waals surface area contributed by atoms with Gasteiger partial charge in [0.25, 0.3) is 29.6 Å². The van der Waals surface area contributed by atoms with Crippen LogP contribution in [0.4, 0.5) is 52.7 Å². The van der Waals surface area contributed by atoms with Gasteiger partial charge in [-0.05, 0) is 178 Å². The second-order valence-electron chi connectivity index (χ2n) is 32.9. The Morgan fingerprint density at radius 3 is 0.977 bits per heavy atom. The van der Waals surface area contributed by atoms with Crippen LogP contribution in [0.2, 0.25) is 30.1 Å². The first-order chi connectivity index (χ1) is 62.4. The highest BCUT2D eigenvalue weighted by molar-refractivity contribution is 8.12. The van der Waals surface area contributed by atoms with Crippen LogP contribution < -0.4 is 0 Å². The van der Waals surface area contributed by atoms with Gasteiger partial charge in [0.1, 0.15) is 52.0 Å². The molecule has 0 spiro atoms. The molecular formula is C81H81B15Cl6F12N11O8. The number of pyridine rings is 3. The highest BCUT2D eigenvalue weighted by Gasteiger charge is 2.45. The van der Waals surface area contributed by atoms with Crippen LogP contribution in [0.5, 0.6) is 0 Å². The second kappa shape index (κ2) is 49.2. The highest BCUT2D eigenvalue weighted by Crippen LogP contribution is 2.45. The summed E-state index contributed by atoms with van der Waals surface area (Å²) in [5.74, 6) is -19.2. The zero-order valence-electron chi connectivity index (χ0n) is 72.5. The Labute approximate surface area is 807 Å². The number of halogens is 18. The summed E-state index contributed by atoms with van der Waals surface area (Å²) in [5.41, 5.74) is 0.275. The molecule has 6 aromatic heterocycles. The molecule has 0 bridgehead atoms. The zero-order valence-corrected chi connectivity index (χ0v) is 77.1. The molecule has 0 atom stereocenters. The van der Waals surface area contributed by atoms with Gasteiger partial charge in [-0.15, -0.1) is 0 Å². The first kappa shape index (κ1) is 110. The molecule has 2 amide bonds. The predicted octanol–water partition coefficient (Wildman–Crippen LogP) is 15.9. The minimum absolute atomic E-state index is 0. The molecule has 9 aromatic rings. The van der Waals surface area contributed by atoms with Crippen molar-refractivity contribution in [1.29, 1.82) is 0 Å². The molecule has 133 heavy (non-hydrogen) atoms. The molecule has 0 aliphatic heterocycles. The third-order valence-corrected chi connectivity index (χ3v) is 25.1. The molecule has 679 valence electrons. The molecule has 3 aromatic carbocycles. The van der Waals surface area contributed by atoms with Crippen molar-refractivity contribution in [3.05, 3.63) is 243 Å². The molecule has 17 radical (unpaired) electrons. The molecule has 3 aliphatic rings. The number of rotatable bonds is 30. The molecule has 0 unspecified atom stereocenters. The Balaban J connectivity index is 0.000000240. The van der Waals surface area contributed by atoms with Gasteiger partial charge in [0.15, 0.2) is 0 Å². The van der Waals surface area contributed by atoms with Crippen molar-refractivity contribution in [1.82, 2.24) is 54.1 Å². The lowest BCUT2D eigenvalue weighted by molar-refractivity contribution is -0.143. The fourth-order valence-corrected chi connectivity index (χ4v) is 18.5. The largest absolute Gasteiger partial charge is 0.481 e. The molecule has 0 saturated heterocycles. The minimum atomic E-state index is -3.75. The average molecular weight is 1940 g/mol. The highest BCUT2D eigenvalue weighted by atomic mass is 35.5. The summed E-state index contributed by atoms with van der Waals surface area (Å²) in [5, 5.41) is 29.1. The van der Waals surface area contributed by atoms with Gasteiger partial charge in [0.2, 0.25) is 0 Å². The van der Waals surface area contributed by atoms with Gasteiger partial charge < -0.3 is 20.0 Å². The number of carboxylic acid groups (broad SMARTS) is 2. The lowest BCUT2D eigenvalue weighted by Crippen LogP contribution is -2.73. The number of ketones is 2. The van der Waals surface area contributed by atoms with E-state index < -0.39 is 180 Å². The summed E-state index contributed by atoms with van der Waals surface area (Å²) in [4.78, 5) is 85.2. The van der Waals surface area contributed by atoms with Crippen molar-refractivity contribution in [2.24, 2.45) is 17.8 Å². The van der Waals surface area contributed by atoms with Crippen LogP contribution in [0.3, 0.4) is 0 Å². The van der Waals surface area contributed by atoms with E-state index in [1.807, 2.05) is 0 Å². The number of amides is 2. The molecule has 3 saturated carbocycles. The molecular weight excluding hydrogens is 1860 g/mol. The van der Waals surface area contributed by atoms with Crippen molar-refractivity contribution in [2.75, 3.05) is 13.1 Å². The second-order valence-corrected chi connectivity index (χ2v) is 35.3. The maximum atomic E-state index is 15.6. The van der Waals surface area contributed by atoms with Crippen LogP contribution in [0.25, 0.3) is 0 Å². The lowest BCUT2D eigenvalue weighted by Gasteiger charge is -2.35. The normalized spacial score (nSPS) is 16.6. The van der Waals surface area contributed by atoms with E-state index in [4.69, 9.17) is 137 Å². The SMILES string of the molecule is CC(=O)C1CCC(n2ncc(C(=O)N(Cc3cc(F)cc(F)c3)CC(F)(F)c3c(Cl)cncc3Cl)c2C)CC1.CC(=O)C1CCC(n2ncc(C(=O)O)c2C)CC1.Cc1c(C(=O)N(Cc2cc(F)cc(F)c2)CC(F)(F)c2c(Cl)cncc2Cl)cnn1C1CCC(C(=O)O)CC1.Fc1cc(F)cc(CCCC(F)(F)c2c(Cl)cncc2Cl)c1.[2HH].[B][B]B([B])B(B([B])[B])B(B([B])[B])B([B])[B]. The van der Waals surface area contributed by atoms with Crippen molar-refractivity contribution in [3.63, 3.8) is 0 Å². The van der Waals surface area contributed by atoms with E-state index in [9.17, 15) is 69.0 Å². The fraction of sp³-hybridized carbons (Fsp3) is 0.407. The number of hydrogen-bond acceptors (Lipinski definition) is 12. The van der Waals surface area contributed by atoms with Gasteiger partial charge in [-0.1, -0.05) is 69.6 Å². The third-order valence-electron chi connectivity index (χ3n) is 23.4. The van der Waals surface area contributed by atoms with E-state index in [1.54, 1.807) is 48.7 Å². The van der Waals surface area contributed by atoms with Crippen LogP contribution in [0, 0.1) is 73.4 Å². The number of carbonyl (C=O) groups is 6. The average Bonchev–Trinajstić information content (AvgIpc) is 1.39. The minimum Gasteiger partial charge on any atom is -0.481 e. The smallest absolute Gasteiger partial charge is 0.339 e. The maximum absolute atomic E-state index is 15.6. The summed E-state index contributed by atoms with van der Waals surface area (Å²) >= 11 is 35.3. The monoisotopic (exact) mass is 1940 g/mol. The van der Waals surface area contributed by atoms with Crippen LogP contribution >= 0.6 is 69.6 Å². The number of alkyl halides is 6. The van der Waals surface area contributed by atoms with Gasteiger partial charge in [-0.25, -0.2) is 39.9 Å².